The number of hydrogen-bond donors (Lipinski definition) is 5. The molecule has 0 atom stereocenters. The number of rotatable bonds is 6. The zero-order valence-corrected chi connectivity index (χ0v) is 19.8. The molecule has 9 heteroatoms. The summed E-state index contributed by atoms with van der Waals surface area (Å²) in [6.07, 6.45) is 7.36. The highest BCUT2D eigenvalue weighted by molar-refractivity contribution is 6.15. The molecule has 30 heavy (non-hydrogen) atoms. The number of alkyl halides is 1. The first-order valence-corrected chi connectivity index (χ1v) is 11.3. The van der Waals surface area contributed by atoms with Crippen molar-refractivity contribution >= 4 is 34.6 Å². The SMILES string of the molecule is CC.CCl.CN1CCNc2cc(N)ccc21.NCCCn1cc[n+](CCCN)c1N. The van der Waals surface area contributed by atoms with Crippen LogP contribution in [0.2, 0.25) is 0 Å². The van der Waals surface area contributed by atoms with Crippen molar-refractivity contribution in [3.63, 3.8) is 0 Å². The molecule has 1 aromatic heterocycles. The maximum absolute atomic E-state index is 5.93. The lowest BCUT2D eigenvalue weighted by molar-refractivity contribution is -0.682. The molecule has 0 fully saturated rings. The van der Waals surface area contributed by atoms with E-state index in [1.807, 2.05) is 47.5 Å². The molecule has 0 aliphatic carbocycles. The molecule has 172 valence electrons. The summed E-state index contributed by atoms with van der Waals surface area (Å²) in [5.41, 5.74) is 25.7. The largest absolute Gasteiger partial charge is 0.399 e. The first-order chi connectivity index (χ1) is 14.6. The summed E-state index contributed by atoms with van der Waals surface area (Å²) in [5, 5.41) is 3.31. The van der Waals surface area contributed by atoms with Crippen LogP contribution in [0.1, 0.15) is 26.7 Å². The molecular formula is C21H42ClN8+. The van der Waals surface area contributed by atoms with Crippen LogP contribution in [0.25, 0.3) is 0 Å². The monoisotopic (exact) mass is 441 g/mol. The van der Waals surface area contributed by atoms with Crippen LogP contribution in [0.3, 0.4) is 0 Å². The molecule has 0 bridgehead atoms. The van der Waals surface area contributed by atoms with Crippen molar-refractivity contribution in [2.75, 3.05) is 61.3 Å². The second-order valence-electron chi connectivity index (χ2n) is 6.45. The lowest BCUT2D eigenvalue weighted by atomic mass is 10.2. The van der Waals surface area contributed by atoms with Gasteiger partial charge in [0.05, 0.1) is 36.9 Å². The predicted octanol–water partition coefficient (Wildman–Crippen LogP) is 2.07. The topological polar surface area (TPSA) is 128 Å². The minimum Gasteiger partial charge on any atom is -0.399 e. The molecule has 0 radical (unpaired) electrons. The van der Waals surface area contributed by atoms with E-state index >= 15 is 0 Å². The lowest BCUT2D eigenvalue weighted by Crippen LogP contribution is -2.36. The van der Waals surface area contributed by atoms with Gasteiger partial charge in [0.2, 0.25) is 0 Å². The van der Waals surface area contributed by atoms with Crippen LogP contribution in [0.4, 0.5) is 23.0 Å². The average Bonchev–Trinajstić information content (AvgIpc) is 3.13. The number of anilines is 4. The number of nitrogens with one attached hydrogen (secondary N) is 1. The van der Waals surface area contributed by atoms with E-state index in [9.17, 15) is 0 Å². The van der Waals surface area contributed by atoms with Crippen LogP contribution in [0, 0.1) is 0 Å². The standard InChI is InChI=1S/C9H19N5.C9H13N3.C2H6.CH3Cl/c10-3-1-5-13-7-8-14(9(13)12)6-2-4-11;1-12-5-4-11-8-6-7(10)2-3-9(8)12;2*1-2/h7-8,12H,1-6,10-11H2;2-3,6,11H,4-5,10H2,1H3;1-2H3;1H3/p+1. The van der Waals surface area contributed by atoms with Gasteiger partial charge in [-0.05, 0) is 44.1 Å². The molecule has 1 aromatic carbocycles. The molecular weight excluding hydrogens is 400 g/mol. The van der Waals surface area contributed by atoms with Gasteiger partial charge in [-0.3, -0.25) is 5.73 Å². The fourth-order valence-corrected chi connectivity index (χ4v) is 2.89. The van der Waals surface area contributed by atoms with Crippen LogP contribution >= 0.6 is 11.6 Å². The Morgan fingerprint density at radius 2 is 1.77 bits per heavy atom. The summed E-state index contributed by atoms with van der Waals surface area (Å²) >= 11 is 4.64. The second kappa shape index (κ2) is 16.6. The Morgan fingerprint density at radius 3 is 2.40 bits per heavy atom. The van der Waals surface area contributed by atoms with Crippen molar-refractivity contribution in [2.45, 2.75) is 39.8 Å². The van der Waals surface area contributed by atoms with Gasteiger partial charge in [0.25, 0.3) is 0 Å². The average molecular weight is 442 g/mol. The van der Waals surface area contributed by atoms with Gasteiger partial charge in [-0.15, -0.1) is 11.6 Å². The number of hydrogen-bond acceptors (Lipinski definition) is 6. The van der Waals surface area contributed by atoms with E-state index < -0.39 is 0 Å². The highest BCUT2D eigenvalue weighted by Gasteiger charge is 2.12. The molecule has 0 saturated carbocycles. The molecule has 2 aromatic rings. The molecule has 3 rings (SSSR count). The molecule has 1 aliphatic rings. The Bertz CT molecular complexity index is 664. The highest BCUT2D eigenvalue weighted by atomic mass is 35.5. The highest BCUT2D eigenvalue weighted by Crippen LogP contribution is 2.29. The lowest BCUT2D eigenvalue weighted by Gasteiger charge is -2.28. The summed E-state index contributed by atoms with van der Waals surface area (Å²) < 4.78 is 4.03. The number of aryl methyl sites for hydroxylation is 2. The number of nitrogen functional groups attached to an aromatic ring is 2. The maximum atomic E-state index is 5.93. The minimum absolute atomic E-state index is 0.695. The van der Waals surface area contributed by atoms with Gasteiger partial charge >= 0.3 is 5.95 Å². The summed E-state index contributed by atoms with van der Waals surface area (Å²) in [7, 11) is 2.09. The summed E-state index contributed by atoms with van der Waals surface area (Å²) in [6.45, 7) is 9.21. The Morgan fingerprint density at radius 1 is 1.10 bits per heavy atom. The number of fused-ring (bicyclic) bond motifs is 1. The first-order valence-electron chi connectivity index (χ1n) is 10.5. The van der Waals surface area contributed by atoms with E-state index in [1.165, 1.54) is 12.1 Å². The Balaban J connectivity index is 0.000000484. The third kappa shape index (κ3) is 9.11. The second-order valence-corrected chi connectivity index (χ2v) is 6.45. The van der Waals surface area contributed by atoms with Crippen molar-refractivity contribution in [1.29, 1.82) is 0 Å². The van der Waals surface area contributed by atoms with Crippen molar-refractivity contribution in [3.05, 3.63) is 30.6 Å². The van der Waals surface area contributed by atoms with Gasteiger partial charge in [-0.2, -0.15) is 0 Å². The summed E-state index contributed by atoms with van der Waals surface area (Å²) in [4.78, 5) is 2.23. The minimum atomic E-state index is 0.695. The third-order valence-electron chi connectivity index (χ3n) is 4.42. The quantitative estimate of drug-likeness (QED) is 0.265. The van der Waals surface area contributed by atoms with Crippen molar-refractivity contribution < 1.29 is 4.57 Å². The number of nitrogens with two attached hydrogens (primary N) is 4. The fraction of sp³-hybridized carbons (Fsp3) is 0.571. The first kappa shape index (κ1) is 27.8. The van der Waals surface area contributed by atoms with Crippen molar-refractivity contribution in [2.24, 2.45) is 11.5 Å². The van der Waals surface area contributed by atoms with Crippen molar-refractivity contribution in [3.8, 4) is 0 Å². The van der Waals surface area contributed by atoms with Crippen LogP contribution in [0.15, 0.2) is 30.6 Å². The zero-order chi connectivity index (χ0) is 22.9. The van der Waals surface area contributed by atoms with Crippen LogP contribution < -0.4 is 37.7 Å². The van der Waals surface area contributed by atoms with Gasteiger partial charge in [0, 0.05) is 32.2 Å². The van der Waals surface area contributed by atoms with Gasteiger partial charge < -0.3 is 27.4 Å². The van der Waals surface area contributed by atoms with Crippen LogP contribution in [-0.2, 0) is 13.1 Å². The van der Waals surface area contributed by atoms with E-state index in [0.717, 1.165) is 56.3 Å². The number of imidazole rings is 1. The Labute approximate surface area is 187 Å². The number of halogens is 1. The van der Waals surface area contributed by atoms with E-state index in [1.54, 1.807) is 0 Å². The molecule has 9 N–H and O–H groups in total. The fourth-order valence-electron chi connectivity index (χ4n) is 2.89. The summed E-state index contributed by atoms with van der Waals surface area (Å²) in [5.74, 6) is 0.784. The normalized spacial score (nSPS) is 11.5. The third-order valence-corrected chi connectivity index (χ3v) is 4.42. The molecule has 0 amide bonds. The van der Waals surface area contributed by atoms with Crippen molar-refractivity contribution in [1.82, 2.24) is 4.57 Å². The van der Waals surface area contributed by atoms with Gasteiger partial charge in [-0.25, -0.2) is 9.13 Å². The molecule has 0 unspecified atom stereocenters. The smallest absolute Gasteiger partial charge is 0.355 e. The number of benzene rings is 1. The van der Waals surface area contributed by atoms with E-state index in [2.05, 4.69) is 34.9 Å². The predicted molar refractivity (Wildman–Crippen MR) is 132 cm³/mol. The van der Waals surface area contributed by atoms with Crippen LogP contribution in [-0.4, -0.2) is 44.2 Å². The van der Waals surface area contributed by atoms with Crippen LogP contribution in [0.5, 0.6) is 0 Å². The molecule has 1 aliphatic heterocycles. The molecule has 8 nitrogen and oxygen atoms in total. The number of aromatic nitrogens is 2. The number of likely N-dealkylation sites (N-methyl/N-ethyl adjacent to an activating group) is 1. The molecule has 2 heterocycles. The Kier molecular flexibility index (Phi) is 15.4. The van der Waals surface area contributed by atoms with Gasteiger partial charge in [-0.1, -0.05) is 13.8 Å². The van der Waals surface area contributed by atoms with E-state index in [-0.39, 0.29) is 0 Å². The molecule has 0 spiro atoms. The van der Waals surface area contributed by atoms with Gasteiger partial charge in [0.1, 0.15) is 0 Å². The molecule has 0 saturated heterocycles. The number of nitrogens with zero attached hydrogens (tertiary/aromatic N) is 3. The van der Waals surface area contributed by atoms with E-state index in [0.29, 0.717) is 13.1 Å². The maximum Gasteiger partial charge on any atom is 0.355 e. The summed E-state index contributed by atoms with van der Waals surface area (Å²) in [6, 6.07) is 5.96. The van der Waals surface area contributed by atoms with E-state index in [4.69, 9.17) is 22.9 Å². The zero-order valence-electron chi connectivity index (χ0n) is 19.1. The Hall–Kier alpha value is -2.16. The van der Waals surface area contributed by atoms with Gasteiger partial charge in [0.15, 0.2) is 0 Å².